The first-order chi connectivity index (χ1) is 9.69. The maximum absolute atomic E-state index is 9.03. The third-order valence-corrected chi connectivity index (χ3v) is 3.07. The molecular formula is C12H20N6O2. The van der Waals surface area contributed by atoms with Crippen LogP contribution in [0.1, 0.15) is 5.82 Å². The molecule has 0 saturated carbocycles. The molecule has 0 aliphatic carbocycles. The molecule has 2 heterocycles. The van der Waals surface area contributed by atoms with Gasteiger partial charge < -0.3 is 15.5 Å². The molecular weight excluding hydrogens is 260 g/mol. The van der Waals surface area contributed by atoms with E-state index >= 15 is 0 Å². The average molecular weight is 280 g/mol. The van der Waals surface area contributed by atoms with Crippen molar-refractivity contribution in [1.29, 1.82) is 0 Å². The van der Waals surface area contributed by atoms with Gasteiger partial charge in [0.15, 0.2) is 5.65 Å². The molecule has 3 N–H and O–H groups in total. The summed E-state index contributed by atoms with van der Waals surface area (Å²) < 4.78 is 1.70. The van der Waals surface area contributed by atoms with Crippen molar-refractivity contribution in [3.63, 3.8) is 0 Å². The van der Waals surface area contributed by atoms with E-state index in [1.807, 2.05) is 11.9 Å². The Morgan fingerprint density at radius 1 is 1.25 bits per heavy atom. The minimum absolute atomic E-state index is 0.0346. The number of fused-ring (bicyclic) bond motifs is 1. The highest BCUT2D eigenvalue weighted by Crippen LogP contribution is 2.19. The summed E-state index contributed by atoms with van der Waals surface area (Å²) in [7, 11) is 3.63. The van der Waals surface area contributed by atoms with Crippen molar-refractivity contribution in [3.05, 3.63) is 12.0 Å². The first kappa shape index (κ1) is 14.6. The number of nitrogens with zero attached hydrogens (tertiary/aromatic N) is 5. The van der Waals surface area contributed by atoms with Crippen LogP contribution >= 0.6 is 0 Å². The van der Waals surface area contributed by atoms with Crippen molar-refractivity contribution in [3.8, 4) is 0 Å². The van der Waals surface area contributed by atoms with Crippen LogP contribution in [0.25, 0.3) is 11.0 Å². The van der Waals surface area contributed by atoms with Crippen LogP contribution in [0.2, 0.25) is 0 Å². The molecule has 2 aromatic rings. The SMILES string of the molecule is CNc1nc(CN(CCO)CCO)nc2c1cnn2C. The summed E-state index contributed by atoms with van der Waals surface area (Å²) in [6.45, 7) is 1.49. The number of nitrogens with one attached hydrogen (secondary N) is 1. The lowest BCUT2D eigenvalue weighted by Crippen LogP contribution is -2.30. The van der Waals surface area contributed by atoms with Crippen LogP contribution in [0.15, 0.2) is 6.20 Å². The number of anilines is 1. The van der Waals surface area contributed by atoms with Crippen molar-refractivity contribution in [2.24, 2.45) is 7.05 Å². The number of aromatic nitrogens is 4. The second kappa shape index (κ2) is 6.60. The molecule has 8 nitrogen and oxygen atoms in total. The van der Waals surface area contributed by atoms with Crippen LogP contribution in [0.3, 0.4) is 0 Å². The minimum Gasteiger partial charge on any atom is -0.395 e. The lowest BCUT2D eigenvalue weighted by atomic mass is 10.3. The quantitative estimate of drug-likeness (QED) is 0.610. The predicted molar refractivity (Wildman–Crippen MR) is 75.3 cm³/mol. The molecule has 110 valence electrons. The lowest BCUT2D eigenvalue weighted by Gasteiger charge is -2.19. The first-order valence-electron chi connectivity index (χ1n) is 6.50. The number of hydrogen-bond acceptors (Lipinski definition) is 7. The summed E-state index contributed by atoms with van der Waals surface area (Å²) in [6, 6.07) is 0. The van der Waals surface area contributed by atoms with E-state index in [1.54, 1.807) is 17.9 Å². The predicted octanol–water partition coefficient (Wildman–Crippen LogP) is -0.808. The summed E-state index contributed by atoms with van der Waals surface area (Å²) >= 11 is 0. The van der Waals surface area contributed by atoms with Crippen molar-refractivity contribution in [2.75, 3.05) is 38.7 Å². The van der Waals surface area contributed by atoms with Crippen LogP contribution in [0.5, 0.6) is 0 Å². The Morgan fingerprint density at radius 2 is 1.95 bits per heavy atom. The van der Waals surface area contributed by atoms with Gasteiger partial charge in [0.1, 0.15) is 11.6 Å². The van der Waals surface area contributed by atoms with Gasteiger partial charge in [0, 0.05) is 27.2 Å². The van der Waals surface area contributed by atoms with E-state index in [-0.39, 0.29) is 13.2 Å². The normalized spacial score (nSPS) is 11.4. The summed E-state index contributed by atoms with van der Waals surface area (Å²) in [5.74, 6) is 1.36. The van der Waals surface area contributed by atoms with E-state index in [2.05, 4.69) is 20.4 Å². The zero-order chi connectivity index (χ0) is 14.5. The molecule has 2 rings (SSSR count). The molecule has 0 spiro atoms. The van der Waals surface area contributed by atoms with E-state index in [9.17, 15) is 0 Å². The maximum atomic E-state index is 9.03. The van der Waals surface area contributed by atoms with Gasteiger partial charge in [-0.05, 0) is 0 Å². The van der Waals surface area contributed by atoms with E-state index in [0.717, 1.165) is 16.9 Å². The third kappa shape index (κ3) is 3.03. The zero-order valence-corrected chi connectivity index (χ0v) is 11.7. The van der Waals surface area contributed by atoms with Gasteiger partial charge in [-0.1, -0.05) is 0 Å². The topological polar surface area (TPSA) is 99.3 Å². The van der Waals surface area contributed by atoms with Gasteiger partial charge in [0.25, 0.3) is 0 Å². The molecule has 0 fully saturated rings. The van der Waals surface area contributed by atoms with E-state index in [4.69, 9.17) is 10.2 Å². The molecule has 0 aromatic carbocycles. The Labute approximate surface area is 117 Å². The Morgan fingerprint density at radius 3 is 2.55 bits per heavy atom. The van der Waals surface area contributed by atoms with E-state index < -0.39 is 0 Å². The van der Waals surface area contributed by atoms with Gasteiger partial charge in [-0.15, -0.1) is 0 Å². The van der Waals surface area contributed by atoms with Crippen molar-refractivity contribution in [2.45, 2.75) is 6.54 Å². The monoisotopic (exact) mass is 280 g/mol. The van der Waals surface area contributed by atoms with Gasteiger partial charge in [-0.3, -0.25) is 9.58 Å². The molecule has 0 bridgehead atoms. The second-order valence-corrected chi connectivity index (χ2v) is 4.47. The average Bonchev–Trinajstić information content (AvgIpc) is 2.80. The Bertz CT molecular complexity index is 564. The van der Waals surface area contributed by atoms with Crippen molar-refractivity contribution >= 4 is 16.9 Å². The summed E-state index contributed by atoms with van der Waals surface area (Å²) in [6.07, 6.45) is 1.73. The summed E-state index contributed by atoms with van der Waals surface area (Å²) in [5.41, 5.74) is 0.757. The van der Waals surface area contributed by atoms with E-state index in [1.165, 1.54) is 0 Å². The second-order valence-electron chi connectivity index (χ2n) is 4.47. The Balaban J connectivity index is 2.31. The largest absolute Gasteiger partial charge is 0.395 e. The Hall–Kier alpha value is -1.77. The zero-order valence-electron chi connectivity index (χ0n) is 11.7. The summed E-state index contributed by atoms with van der Waals surface area (Å²) in [5, 5.41) is 26.2. The van der Waals surface area contributed by atoms with Gasteiger partial charge in [-0.2, -0.15) is 5.10 Å². The van der Waals surface area contributed by atoms with Crippen LogP contribution < -0.4 is 5.32 Å². The molecule has 2 aromatic heterocycles. The third-order valence-electron chi connectivity index (χ3n) is 3.07. The maximum Gasteiger partial charge on any atom is 0.163 e. The highest BCUT2D eigenvalue weighted by Gasteiger charge is 2.13. The number of hydrogen-bond donors (Lipinski definition) is 3. The highest BCUT2D eigenvalue weighted by molar-refractivity contribution is 5.86. The molecule has 0 aliphatic heterocycles. The fourth-order valence-corrected chi connectivity index (χ4v) is 2.08. The molecule has 0 amide bonds. The van der Waals surface area contributed by atoms with Gasteiger partial charge in [0.2, 0.25) is 0 Å². The molecule has 0 aliphatic rings. The Kier molecular flexibility index (Phi) is 4.83. The molecule has 0 saturated heterocycles. The standard InChI is InChI=1S/C12H20N6O2/c1-13-11-9-7-14-17(2)12(9)16-10(15-11)8-18(3-5-19)4-6-20/h7,19-20H,3-6,8H2,1-2H3,(H,13,15,16). The molecule has 0 unspecified atom stereocenters. The molecule has 0 radical (unpaired) electrons. The minimum atomic E-state index is 0.0346. The number of aliphatic hydroxyl groups is 2. The molecule has 0 atom stereocenters. The van der Waals surface area contributed by atoms with Gasteiger partial charge in [0.05, 0.1) is 31.3 Å². The van der Waals surface area contributed by atoms with Crippen LogP contribution in [0, 0.1) is 0 Å². The number of aliphatic hydroxyl groups excluding tert-OH is 2. The molecule has 8 heteroatoms. The first-order valence-corrected chi connectivity index (χ1v) is 6.50. The van der Waals surface area contributed by atoms with Crippen LogP contribution in [0.4, 0.5) is 5.82 Å². The van der Waals surface area contributed by atoms with Gasteiger partial charge in [-0.25, -0.2) is 9.97 Å². The fourth-order valence-electron chi connectivity index (χ4n) is 2.08. The molecule has 20 heavy (non-hydrogen) atoms. The lowest BCUT2D eigenvalue weighted by molar-refractivity contribution is 0.153. The van der Waals surface area contributed by atoms with Crippen LogP contribution in [-0.4, -0.2) is 68.2 Å². The summed E-state index contributed by atoms with van der Waals surface area (Å²) in [4.78, 5) is 10.8. The van der Waals surface area contributed by atoms with Crippen molar-refractivity contribution in [1.82, 2.24) is 24.6 Å². The smallest absolute Gasteiger partial charge is 0.163 e. The highest BCUT2D eigenvalue weighted by atomic mass is 16.3. The number of rotatable bonds is 7. The number of aryl methyl sites for hydroxylation is 1. The van der Waals surface area contributed by atoms with Crippen LogP contribution in [-0.2, 0) is 13.6 Å². The fraction of sp³-hybridized carbons (Fsp3) is 0.583. The van der Waals surface area contributed by atoms with Crippen molar-refractivity contribution < 1.29 is 10.2 Å². The van der Waals surface area contributed by atoms with E-state index in [0.29, 0.717) is 25.5 Å². The van der Waals surface area contributed by atoms with Gasteiger partial charge >= 0.3 is 0 Å².